The van der Waals surface area contributed by atoms with Crippen molar-refractivity contribution < 1.29 is 27.8 Å². The van der Waals surface area contributed by atoms with Gasteiger partial charge in [0.1, 0.15) is 6.04 Å². The first kappa shape index (κ1) is 27.9. The van der Waals surface area contributed by atoms with Crippen LogP contribution in [-0.2, 0) is 4.79 Å². The summed E-state index contributed by atoms with van der Waals surface area (Å²) in [4.78, 5) is 21.6. The zero-order chi connectivity index (χ0) is 28.8. The third-order valence-electron chi connectivity index (χ3n) is 7.56. The summed E-state index contributed by atoms with van der Waals surface area (Å²) >= 11 is 6.12. The number of hydrogen-bond acceptors (Lipinski definition) is 7. The fourth-order valence-electron chi connectivity index (χ4n) is 5.63. The van der Waals surface area contributed by atoms with Crippen molar-refractivity contribution in [2.75, 3.05) is 19.3 Å². The molecule has 1 saturated heterocycles. The number of rotatable bonds is 6. The van der Waals surface area contributed by atoms with E-state index < -0.39 is 24.3 Å². The van der Waals surface area contributed by atoms with Crippen molar-refractivity contribution in [2.45, 2.75) is 50.9 Å². The first-order valence-corrected chi connectivity index (χ1v) is 13.0. The number of halogens is 4. The van der Waals surface area contributed by atoms with E-state index in [4.69, 9.17) is 22.1 Å². The summed E-state index contributed by atoms with van der Waals surface area (Å²) < 4.78 is 50.1. The van der Waals surface area contributed by atoms with Gasteiger partial charge in [-0.1, -0.05) is 23.7 Å². The molecule has 0 bridgehead atoms. The summed E-state index contributed by atoms with van der Waals surface area (Å²) in [6, 6.07) is 6.49. The number of carboxylic acid groups (broad SMARTS) is 1. The topological polar surface area (TPSA) is 119 Å². The molecule has 0 amide bonds. The van der Waals surface area contributed by atoms with E-state index >= 15 is 0 Å². The molecule has 3 atom stereocenters. The Balaban J connectivity index is 1.44. The first-order chi connectivity index (χ1) is 18.8. The summed E-state index contributed by atoms with van der Waals surface area (Å²) in [5, 5.41) is 14.0. The van der Waals surface area contributed by atoms with E-state index in [0.717, 1.165) is 12.0 Å². The highest BCUT2D eigenvalue weighted by Crippen LogP contribution is 2.47. The van der Waals surface area contributed by atoms with Gasteiger partial charge in [0.25, 0.3) is 0 Å². The molecular weight excluding hydrogens is 549 g/mol. The van der Waals surface area contributed by atoms with E-state index in [1.54, 1.807) is 26.2 Å². The average Bonchev–Trinajstić information content (AvgIpc) is 3.45. The second-order valence-corrected chi connectivity index (χ2v) is 10.9. The highest BCUT2D eigenvalue weighted by molar-refractivity contribution is 6.30. The number of carbonyl (C=O) groups is 1. The monoisotopic (exact) mass is 576 g/mol. The van der Waals surface area contributed by atoms with Gasteiger partial charge in [0.2, 0.25) is 17.9 Å². The molecule has 3 aromatic rings. The number of aromatic nitrogens is 4. The second-order valence-electron chi connectivity index (χ2n) is 10.5. The zero-order valence-corrected chi connectivity index (χ0v) is 22.6. The first-order valence-electron chi connectivity index (χ1n) is 12.7. The summed E-state index contributed by atoms with van der Waals surface area (Å²) in [7, 11) is 1.80. The Labute approximate surface area is 233 Å². The number of likely N-dealkylation sites (tertiary alicyclic amines) is 1. The molecule has 13 heteroatoms. The van der Waals surface area contributed by atoms with E-state index in [-0.39, 0.29) is 33.5 Å². The zero-order valence-electron chi connectivity index (χ0n) is 21.8. The standard InChI is InChI=1S/C27H28ClF3N6O3/c1-15-7-10-37(35-15)20-11-17(28)3-4-18(20)23(27(29,30)31)40-22-12-19(33-25(32)34-22)16-5-8-26(9-6-16)13-21(24(38)39)36(2)14-26/h3-5,7,10-12,21,23H,6,8-9,13-14H2,1-2H3,(H,38,39)(H2,32,33,34)/t21-,23+,26-/m0/s1. The van der Waals surface area contributed by atoms with Gasteiger partial charge in [0.05, 0.1) is 17.1 Å². The van der Waals surface area contributed by atoms with Gasteiger partial charge in [-0.2, -0.15) is 23.3 Å². The molecule has 1 aliphatic carbocycles. The van der Waals surface area contributed by atoms with Crippen molar-refractivity contribution in [3.05, 3.63) is 64.6 Å². The molecule has 1 aliphatic heterocycles. The van der Waals surface area contributed by atoms with Crippen LogP contribution in [0.2, 0.25) is 5.02 Å². The molecule has 212 valence electrons. The molecule has 1 fully saturated rings. The number of anilines is 1. The van der Waals surface area contributed by atoms with Crippen molar-refractivity contribution in [3.8, 4) is 11.6 Å². The third kappa shape index (κ3) is 5.64. The Morgan fingerprint density at radius 2 is 2.05 bits per heavy atom. The molecule has 0 unspecified atom stereocenters. The maximum atomic E-state index is 14.4. The lowest BCUT2D eigenvalue weighted by Crippen LogP contribution is -2.32. The number of nitrogens with two attached hydrogens (primary N) is 1. The Bertz CT molecular complexity index is 1480. The van der Waals surface area contributed by atoms with Gasteiger partial charge in [-0.3, -0.25) is 9.69 Å². The summed E-state index contributed by atoms with van der Waals surface area (Å²) in [6.07, 6.45) is -1.25. The van der Waals surface area contributed by atoms with Crippen LogP contribution in [0.25, 0.3) is 11.3 Å². The van der Waals surface area contributed by atoms with Crippen LogP contribution >= 0.6 is 11.6 Å². The van der Waals surface area contributed by atoms with Crippen molar-refractivity contribution >= 4 is 29.1 Å². The normalized spacial score (nSPS) is 22.4. The van der Waals surface area contributed by atoms with Crippen LogP contribution in [0.3, 0.4) is 0 Å². The number of nitrogens with zero attached hydrogens (tertiary/aromatic N) is 5. The fraction of sp³-hybridized carbons (Fsp3) is 0.407. The van der Waals surface area contributed by atoms with E-state index in [2.05, 4.69) is 15.1 Å². The Morgan fingerprint density at radius 3 is 2.65 bits per heavy atom. The molecule has 1 aromatic carbocycles. The van der Waals surface area contributed by atoms with Crippen molar-refractivity contribution in [1.82, 2.24) is 24.6 Å². The van der Waals surface area contributed by atoms with Crippen molar-refractivity contribution in [1.29, 1.82) is 0 Å². The molecule has 1 spiro atoms. The molecule has 0 radical (unpaired) electrons. The quantitative estimate of drug-likeness (QED) is 0.409. The van der Waals surface area contributed by atoms with Gasteiger partial charge >= 0.3 is 12.1 Å². The Hall–Kier alpha value is -3.64. The minimum absolute atomic E-state index is 0.117. The highest BCUT2D eigenvalue weighted by atomic mass is 35.5. The minimum atomic E-state index is -4.81. The third-order valence-corrected chi connectivity index (χ3v) is 7.80. The predicted molar refractivity (Wildman–Crippen MR) is 142 cm³/mol. The van der Waals surface area contributed by atoms with Gasteiger partial charge in [0, 0.05) is 29.4 Å². The highest BCUT2D eigenvalue weighted by Gasteiger charge is 2.46. The molecule has 9 nitrogen and oxygen atoms in total. The molecule has 3 heterocycles. The Morgan fingerprint density at radius 1 is 1.27 bits per heavy atom. The summed E-state index contributed by atoms with van der Waals surface area (Å²) in [5.74, 6) is -1.39. The molecule has 0 saturated carbocycles. The van der Waals surface area contributed by atoms with E-state index in [1.165, 1.54) is 28.9 Å². The maximum Gasteiger partial charge on any atom is 0.429 e. The van der Waals surface area contributed by atoms with Crippen LogP contribution < -0.4 is 10.5 Å². The van der Waals surface area contributed by atoms with E-state index in [9.17, 15) is 23.1 Å². The van der Waals surface area contributed by atoms with Gasteiger partial charge in [0.15, 0.2) is 0 Å². The molecule has 2 aliphatic rings. The smallest absolute Gasteiger partial charge is 0.429 e. The number of likely N-dealkylation sites (N-methyl/N-ethyl adjacent to an activating group) is 1. The largest absolute Gasteiger partial charge is 0.480 e. The number of hydrogen-bond donors (Lipinski definition) is 2. The fourth-order valence-corrected chi connectivity index (χ4v) is 5.80. The van der Waals surface area contributed by atoms with E-state index in [1.807, 2.05) is 11.0 Å². The number of aliphatic carboxylic acids is 1. The molecule has 5 rings (SSSR count). The van der Waals surface area contributed by atoms with Gasteiger partial charge in [-0.25, -0.2) is 9.67 Å². The van der Waals surface area contributed by atoms with Crippen LogP contribution in [0, 0.1) is 12.3 Å². The predicted octanol–water partition coefficient (Wildman–Crippen LogP) is 5.23. The lowest BCUT2D eigenvalue weighted by atomic mass is 9.73. The van der Waals surface area contributed by atoms with Crippen LogP contribution in [0.4, 0.5) is 19.1 Å². The number of alkyl halides is 3. The minimum Gasteiger partial charge on any atom is -0.480 e. The van der Waals surface area contributed by atoms with Crippen LogP contribution in [-0.4, -0.2) is 61.5 Å². The second kappa shape index (κ2) is 10.4. The van der Waals surface area contributed by atoms with Gasteiger partial charge in [-0.05, 0) is 68.8 Å². The van der Waals surface area contributed by atoms with Gasteiger partial charge < -0.3 is 15.6 Å². The number of nitrogen functional groups attached to an aromatic ring is 1. The lowest BCUT2D eigenvalue weighted by molar-refractivity contribution is -0.198. The van der Waals surface area contributed by atoms with Crippen molar-refractivity contribution in [3.63, 3.8) is 0 Å². The summed E-state index contributed by atoms with van der Waals surface area (Å²) in [5.41, 5.74) is 7.45. The summed E-state index contributed by atoms with van der Waals surface area (Å²) in [6.45, 7) is 2.38. The van der Waals surface area contributed by atoms with E-state index in [0.29, 0.717) is 37.2 Å². The van der Waals surface area contributed by atoms with Crippen LogP contribution in [0.1, 0.15) is 48.7 Å². The molecule has 3 N–H and O–H groups in total. The number of aryl methyl sites for hydroxylation is 1. The number of allylic oxidation sites excluding steroid dienone is 2. The Kier molecular flexibility index (Phi) is 7.26. The van der Waals surface area contributed by atoms with Crippen LogP contribution in [0.5, 0.6) is 5.88 Å². The molecule has 2 aromatic heterocycles. The number of carboxylic acids is 1. The number of benzene rings is 1. The maximum absolute atomic E-state index is 14.4. The molecule has 40 heavy (non-hydrogen) atoms. The van der Waals surface area contributed by atoms with Crippen LogP contribution in [0.15, 0.2) is 42.6 Å². The SMILES string of the molecule is Cc1ccn(-c2cc(Cl)ccc2[C@@H](Oc2cc(C3=CC[C@]4(CC3)C[C@@H](C(=O)O)N(C)C4)nc(N)n2)C(F)(F)F)n1. The average molecular weight is 577 g/mol. The lowest BCUT2D eigenvalue weighted by Gasteiger charge is -2.32. The van der Waals surface area contributed by atoms with Gasteiger partial charge in [-0.15, -0.1) is 0 Å². The molecular formula is C27H28ClF3N6O3. The van der Waals surface area contributed by atoms with Crippen molar-refractivity contribution in [2.24, 2.45) is 5.41 Å². The number of ether oxygens (including phenoxy) is 1.